The Morgan fingerprint density at radius 3 is 2.42 bits per heavy atom. The third-order valence-electron chi connectivity index (χ3n) is 5.23. The second-order valence-corrected chi connectivity index (χ2v) is 10.9. The number of nitrogens with zero attached hydrogens (tertiary/aromatic N) is 4. The van der Waals surface area contributed by atoms with Gasteiger partial charge < -0.3 is 19.9 Å². The van der Waals surface area contributed by atoms with E-state index in [2.05, 4.69) is 20.2 Å². The van der Waals surface area contributed by atoms with Crippen molar-refractivity contribution in [3.05, 3.63) is 36.4 Å². The number of anilines is 3. The maximum absolute atomic E-state index is 12.5. The van der Waals surface area contributed by atoms with Crippen molar-refractivity contribution in [3.8, 4) is 0 Å². The van der Waals surface area contributed by atoms with E-state index in [0.29, 0.717) is 24.7 Å². The normalized spacial score (nSPS) is 20.8. The smallest absolute Gasteiger partial charge is 0.410 e. The van der Waals surface area contributed by atoms with E-state index in [0.717, 1.165) is 18.4 Å². The molecule has 9 nitrogen and oxygen atoms in total. The van der Waals surface area contributed by atoms with Gasteiger partial charge in [-0.25, -0.2) is 23.2 Å². The van der Waals surface area contributed by atoms with E-state index in [1.807, 2.05) is 51.1 Å². The molecule has 1 aromatic carbocycles. The van der Waals surface area contributed by atoms with Crippen molar-refractivity contribution in [1.82, 2.24) is 14.9 Å². The van der Waals surface area contributed by atoms with Gasteiger partial charge in [0.2, 0.25) is 9.84 Å². The van der Waals surface area contributed by atoms with Crippen molar-refractivity contribution in [3.63, 3.8) is 0 Å². The quantitative estimate of drug-likeness (QED) is 0.717. The minimum Gasteiger partial charge on any atom is -0.444 e. The topological polar surface area (TPSA) is 105 Å². The molecular formula is C21H27N5O4S. The van der Waals surface area contributed by atoms with Crippen LogP contribution in [-0.4, -0.2) is 66.4 Å². The van der Waals surface area contributed by atoms with Crippen LogP contribution in [0.2, 0.25) is 0 Å². The van der Waals surface area contributed by atoms with E-state index < -0.39 is 15.4 Å². The molecule has 0 aliphatic carbocycles. The summed E-state index contributed by atoms with van der Waals surface area (Å²) in [5.41, 5.74) is 0.249. The van der Waals surface area contributed by atoms with Crippen molar-refractivity contribution < 1.29 is 17.9 Å². The van der Waals surface area contributed by atoms with Crippen LogP contribution in [0.3, 0.4) is 0 Å². The summed E-state index contributed by atoms with van der Waals surface area (Å²) < 4.78 is 29.9. The van der Waals surface area contributed by atoms with Crippen LogP contribution < -0.4 is 10.2 Å². The Morgan fingerprint density at radius 1 is 1.13 bits per heavy atom. The molecule has 2 bridgehead atoms. The molecule has 0 saturated carbocycles. The Balaban J connectivity index is 1.58. The van der Waals surface area contributed by atoms with Gasteiger partial charge in [0.25, 0.3) is 5.16 Å². The van der Waals surface area contributed by atoms with Crippen LogP contribution in [0.25, 0.3) is 0 Å². The molecule has 3 heterocycles. The van der Waals surface area contributed by atoms with Crippen LogP contribution >= 0.6 is 0 Å². The lowest BCUT2D eigenvalue weighted by molar-refractivity contribution is 0.0214. The van der Waals surface area contributed by atoms with Gasteiger partial charge in [-0.2, -0.15) is 0 Å². The third-order valence-corrected chi connectivity index (χ3v) is 6.08. The maximum Gasteiger partial charge on any atom is 0.410 e. The Morgan fingerprint density at radius 2 is 1.84 bits per heavy atom. The summed E-state index contributed by atoms with van der Waals surface area (Å²) in [6, 6.07) is 11.2. The molecule has 2 aromatic rings. The van der Waals surface area contributed by atoms with E-state index in [1.165, 1.54) is 0 Å². The van der Waals surface area contributed by atoms with Crippen molar-refractivity contribution >= 4 is 33.3 Å². The number of carbonyl (C=O) groups excluding carboxylic acids is 1. The molecule has 4 rings (SSSR count). The molecular weight excluding hydrogens is 418 g/mol. The lowest BCUT2D eigenvalue weighted by Crippen LogP contribution is -2.50. The summed E-state index contributed by atoms with van der Waals surface area (Å²) >= 11 is 0. The zero-order valence-corrected chi connectivity index (χ0v) is 18.9. The fraction of sp³-hybridized carbons (Fsp3) is 0.476. The molecule has 2 atom stereocenters. The van der Waals surface area contributed by atoms with Crippen LogP contribution in [0, 0.1) is 0 Å². The highest BCUT2D eigenvalue weighted by Gasteiger charge is 2.47. The molecule has 10 heteroatoms. The monoisotopic (exact) mass is 445 g/mol. The maximum atomic E-state index is 12.5. The van der Waals surface area contributed by atoms with Gasteiger partial charge in [0.1, 0.15) is 17.2 Å². The average molecular weight is 446 g/mol. The van der Waals surface area contributed by atoms with Gasteiger partial charge in [-0.15, -0.1) is 0 Å². The minimum absolute atomic E-state index is 0.00188. The molecule has 1 N–H and O–H groups in total. The number of fused-ring (bicyclic) bond motifs is 2. The molecule has 2 aliphatic heterocycles. The van der Waals surface area contributed by atoms with Crippen LogP contribution in [0.1, 0.15) is 27.2 Å². The fourth-order valence-electron chi connectivity index (χ4n) is 3.95. The Hall–Kier alpha value is -2.88. The zero-order valence-electron chi connectivity index (χ0n) is 18.1. The Bertz CT molecular complexity index is 1080. The predicted molar refractivity (Wildman–Crippen MR) is 117 cm³/mol. The van der Waals surface area contributed by atoms with Crippen LogP contribution in [0.4, 0.5) is 22.1 Å². The number of rotatable bonds is 4. The number of aromatic nitrogens is 2. The van der Waals surface area contributed by atoms with Gasteiger partial charge in [-0.05, 0) is 39.3 Å². The summed E-state index contributed by atoms with van der Waals surface area (Å²) in [4.78, 5) is 24.8. The number of carbonyl (C=O) groups is 1. The second kappa shape index (κ2) is 7.67. The summed E-state index contributed by atoms with van der Waals surface area (Å²) in [5.74, 6) is 0.939. The SMILES string of the molecule is CC(C)(C)OC(=O)N1C[C@H]2C[C@@H]1CN2c1cc(Nc2ccccc2)nc(S(C)(=O)=O)n1. The highest BCUT2D eigenvalue weighted by Crippen LogP contribution is 2.35. The first kappa shape index (κ1) is 21.4. The molecule has 2 saturated heterocycles. The van der Waals surface area contributed by atoms with Crippen molar-refractivity contribution in [1.29, 1.82) is 0 Å². The lowest BCUT2D eigenvalue weighted by Gasteiger charge is -2.35. The zero-order chi connectivity index (χ0) is 22.4. The minimum atomic E-state index is -3.60. The first-order chi connectivity index (χ1) is 14.5. The molecule has 2 aliphatic rings. The van der Waals surface area contributed by atoms with Gasteiger partial charge in [0, 0.05) is 31.1 Å². The Kier molecular flexibility index (Phi) is 5.28. The highest BCUT2D eigenvalue weighted by molar-refractivity contribution is 7.90. The van der Waals surface area contributed by atoms with E-state index in [1.54, 1.807) is 11.0 Å². The van der Waals surface area contributed by atoms with Crippen LogP contribution in [0.5, 0.6) is 0 Å². The van der Waals surface area contributed by atoms with Gasteiger partial charge in [0.15, 0.2) is 0 Å². The van der Waals surface area contributed by atoms with Crippen molar-refractivity contribution in [2.75, 3.05) is 29.6 Å². The number of amides is 1. The molecule has 0 radical (unpaired) electrons. The van der Waals surface area contributed by atoms with Gasteiger partial charge >= 0.3 is 6.09 Å². The van der Waals surface area contributed by atoms with Gasteiger partial charge in [-0.1, -0.05) is 18.2 Å². The number of piperazine rings is 1. The van der Waals surface area contributed by atoms with Gasteiger partial charge in [0.05, 0.1) is 12.1 Å². The number of nitrogens with one attached hydrogen (secondary N) is 1. The number of sulfone groups is 1. The number of para-hydroxylation sites is 1. The molecule has 31 heavy (non-hydrogen) atoms. The van der Waals surface area contributed by atoms with E-state index >= 15 is 0 Å². The molecule has 2 fully saturated rings. The molecule has 1 amide bonds. The largest absolute Gasteiger partial charge is 0.444 e. The Labute approximate surface area is 182 Å². The number of hydrogen-bond acceptors (Lipinski definition) is 8. The predicted octanol–water partition coefficient (Wildman–Crippen LogP) is 2.82. The van der Waals surface area contributed by atoms with Gasteiger partial charge in [-0.3, -0.25) is 0 Å². The third kappa shape index (κ3) is 4.73. The number of likely N-dealkylation sites (tertiary alicyclic amines) is 1. The van der Waals surface area contributed by atoms with E-state index in [4.69, 9.17) is 4.74 Å². The molecule has 166 valence electrons. The number of hydrogen-bond donors (Lipinski definition) is 1. The highest BCUT2D eigenvalue weighted by atomic mass is 32.2. The molecule has 0 unspecified atom stereocenters. The lowest BCUT2D eigenvalue weighted by atomic mass is 10.2. The summed E-state index contributed by atoms with van der Waals surface area (Å²) in [6.07, 6.45) is 1.57. The molecule has 1 aromatic heterocycles. The standard InChI is InChI=1S/C21H27N5O4S/c1-21(2,3)30-20(27)26-13-15-10-16(26)12-25(15)18-11-17(22-14-8-6-5-7-9-14)23-19(24-18)31(4,28)29/h5-9,11,15-16H,10,12-13H2,1-4H3,(H,22,23,24)/t15-,16-/m1/s1. The van der Waals surface area contributed by atoms with Crippen molar-refractivity contribution in [2.45, 2.75) is 50.0 Å². The first-order valence-corrected chi connectivity index (χ1v) is 12.1. The van der Waals surface area contributed by atoms with Crippen molar-refractivity contribution in [2.24, 2.45) is 0 Å². The first-order valence-electron chi connectivity index (χ1n) is 10.2. The van der Waals surface area contributed by atoms with E-state index in [9.17, 15) is 13.2 Å². The molecule has 0 spiro atoms. The second-order valence-electron chi connectivity index (χ2n) is 8.99. The fourth-order valence-corrected chi connectivity index (χ4v) is 4.47. The van der Waals surface area contributed by atoms with Crippen LogP contribution in [0.15, 0.2) is 41.6 Å². The summed E-state index contributed by atoms with van der Waals surface area (Å²) in [6.45, 7) is 6.62. The summed E-state index contributed by atoms with van der Waals surface area (Å²) in [5, 5.41) is 2.92. The number of ether oxygens (including phenoxy) is 1. The number of benzene rings is 1. The average Bonchev–Trinajstić information content (AvgIpc) is 3.27. The van der Waals surface area contributed by atoms with Crippen LogP contribution in [-0.2, 0) is 14.6 Å². The van der Waals surface area contributed by atoms with E-state index in [-0.39, 0.29) is 23.3 Å². The summed E-state index contributed by atoms with van der Waals surface area (Å²) in [7, 11) is -3.60.